The first-order chi connectivity index (χ1) is 14.0. The predicted molar refractivity (Wildman–Crippen MR) is 123 cm³/mol. The second-order valence-corrected chi connectivity index (χ2v) is 9.38. The van der Waals surface area contributed by atoms with Gasteiger partial charge in [-0.15, -0.1) is 11.8 Å². The molecule has 0 bridgehead atoms. The van der Waals surface area contributed by atoms with Crippen LogP contribution in [0.25, 0.3) is 16.8 Å². The molecule has 29 heavy (non-hydrogen) atoms. The number of nitrogens with zero attached hydrogens (tertiary/aromatic N) is 5. The molecule has 0 saturated heterocycles. The summed E-state index contributed by atoms with van der Waals surface area (Å²) in [5, 5.41) is 6.26. The molecule has 2 aliphatic carbocycles. The summed E-state index contributed by atoms with van der Waals surface area (Å²) in [6.45, 7) is 4.31. The number of hydrogen-bond donors (Lipinski definition) is 0. The van der Waals surface area contributed by atoms with E-state index >= 15 is 0 Å². The zero-order valence-electron chi connectivity index (χ0n) is 17.9. The van der Waals surface area contributed by atoms with E-state index in [0.29, 0.717) is 12.1 Å². The van der Waals surface area contributed by atoms with Crippen molar-refractivity contribution in [2.75, 3.05) is 30.2 Å². The quantitative estimate of drug-likeness (QED) is 0.542. The lowest BCUT2D eigenvalue weighted by Crippen LogP contribution is -2.28. The molecular weight excluding hydrogens is 378 g/mol. The normalized spacial score (nSPS) is 16.4. The fraction of sp³-hybridized carbons (Fsp3) is 0.478. The highest BCUT2D eigenvalue weighted by atomic mass is 32.2. The van der Waals surface area contributed by atoms with Crippen molar-refractivity contribution in [3.05, 3.63) is 35.5 Å². The minimum absolute atomic E-state index is 0.701. The average molecular weight is 408 g/mol. The number of rotatable bonds is 6. The molecule has 5 rings (SSSR count). The first-order valence-electron chi connectivity index (χ1n) is 10.5. The SMILES string of the molecule is CSc1nn2c(-c3ccc(N(C)C)nc3C)ccc(C)c2c1N(C1CC1)C1CC1. The largest absolute Gasteiger partial charge is 0.363 e. The van der Waals surface area contributed by atoms with Crippen LogP contribution < -0.4 is 9.80 Å². The molecular formula is C23H29N5S. The highest BCUT2D eigenvalue weighted by Crippen LogP contribution is 2.47. The standard InChI is InChI=1S/C23H29N5S/c1-14-6-12-19(18-11-13-20(26(3)4)24-15(18)2)28-21(14)22(23(25-28)29-5)27(16-7-8-16)17-9-10-17/h6,11-13,16-17H,7-10H2,1-5H3. The third-order valence-electron chi connectivity index (χ3n) is 6.06. The molecule has 3 aromatic heterocycles. The maximum Gasteiger partial charge on any atom is 0.142 e. The van der Waals surface area contributed by atoms with Crippen LogP contribution in [0.2, 0.25) is 0 Å². The molecule has 0 atom stereocenters. The Balaban J connectivity index is 1.72. The molecule has 0 radical (unpaired) electrons. The summed E-state index contributed by atoms with van der Waals surface area (Å²) >= 11 is 1.77. The first-order valence-corrected chi connectivity index (χ1v) is 11.7. The maximum atomic E-state index is 5.11. The van der Waals surface area contributed by atoms with Gasteiger partial charge in [-0.05, 0) is 69.5 Å². The van der Waals surface area contributed by atoms with Gasteiger partial charge in [0.15, 0.2) is 0 Å². The molecule has 2 aliphatic rings. The fourth-order valence-corrected chi connectivity index (χ4v) is 4.84. The zero-order valence-corrected chi connectivity index (χ0v) is 18.8. The van der Waals surface area contributed by atoms with Gasteiger partial charge in [0.2, 0.25) is 0 Å². The second-order valence-electron chi connectivity index (χ2n) is 8.59. The molecule has 0 N–H and O–H groups in total. The molecule has 2 fully saturated rings. The highest BCUT2D eigenvalue weighted by molar-refractivity contribution is 7.98. The van der Waals surface area contributed by atoms with Crippen molar-refractivity contribution in [1.29, 1.82) is 0 Å². The second kappa shape index (κ2) is 6.94. The van der Waals surface area contributed by atoms with Crippen molar-refractivity contribution in [3.63, 3.8) is 0 Å². The number of aryl methyl sites for hydroxylation is 2. The van der Waals surface area contributed by atoms with Gasteiger partial charge in [-0.3, -0.25) is 0 Å². The van der Waals surface area contributed by atoms with Gasteiger partial charge in [-0.2, -0.15) is 5.10 Å². The minimum atomic E-state index is 0.701. The zero-order chi connectivity index (χ0) is 20.3. The van der Waals surface area contributed by atoms with Crippen molar-refractivity contribution in [3.8, 4) is 11.3 Å². The van der Waals surface area contributed by atoms with E-state index in [1.54, 1.807) is 11.8 Å². The third-order valence-corrected chi connectivity index (χ3v) is 6.72. The van der Waals surface area contributed by atoms with Crippen molar-refractivity contribution < 1.29 is 0 Å². The lowest BCUT2D eigenvalue weighted by atomic mass is 10.1. The molecule has 5 nitrogen and oxygen atoms in total. The Labute approximate surface area is 177 Å². The van der Waals surface area contributed by atoms with E-state index in [9.17, 15) is 0 Å². The van der Waals surface area contributed by atoms with E-state index < -0.39 is 0 Å². The number of anilines is 2. The smallest absolute Gasteiger partial charge is 0.142 e. The summed E-state index contributed by atoms with van der Waals surface area (Å²) in [6.07, 6.45) is 7.41. The molecule has 3 aromatic rings. The Kier molecular flexibility index (Phi) is 4.50. The van der Waals surface area contributed by atoms with Crippen LogP contribution in [0.3, 0.4) is 0 Å². The summed E-state index contributed by atoms with van der Waals surface area (Å²) in [7, 11) is 4.06. The van der Waals surface area contributed by atoms with Gasteiger partial charge in [0, 0.05) is 37.4 Å². The van der Waals surface area contributed by atoms with Gasteiger partial charge in [0.25, 0.3) is 0 Å². The number of thioether (sulfide) groups is 1. The van der Waals surface area contributed by atoms with E-state index in [1.165, 1.54) is 42.5 Å². The topological polar surface area (TPSA) is 36.7 Å². The Morgan fingerprint density at radius 3 is 2.24 bits per heavy atom. The van der Waals surface area contributed by atoms with Gasteiger partial charge in [-0.25, -0.2) is 9.50 Å². The van der Waals surface area contributed by atoms with Crippen molar-refractivity contribution in [1.82, 2.24) is 14.6 Å². The van der Waals surface area contributed by atoms with Gasteiger partial charge in [-0.1, -0.05) is 6.07 Å². The fourth-order valence-electron chi connectivity index (χ4n) is 4.28. The van der Waals surface area contributed by atoms with Crippen LogP contribution in [0, 0.1) is 13.8 Å². The molecule has 6 heteroatoms. The Morgan fingerprint density at radius 2 is 1.69 bits per heavy atom. The third kappa shape index (κ3) is 3.18. The van der Waals surface area contributed by atoms with Gasteiger partial charge >= 0.3 is 0 Å². The van der Waals surface area contributed by atoms with E-state index in [4.69, 9.17) is 10.1 Å². The maximum absolute atomic E-state index is 5.11. The molecule has 2 saturated carbocycles. The van der Waals surface area contributed by atoms with Gasteiger partial charge in [0.1, 0.15) is 10.8 Å². The number of hydrogen-bond acceptors (Lipinski definition) is 5. The lowest BCUT2D eigenvalue weighted by Gasteiger charge is -2.25. The number of pyridine rings is 2. The molecule has 0 spiro atoms. The molecule has 152 valence electrons. The van der Waals surface area contributed by atoms with Gasteiger partial charge in [0.05, 0.1) is 16.9 Å². The summed E-state index contributed by atoms with van der Waals surface area (Å²) < 4.78 is 2.17. The van der Waals surface area contributed by atoms with Crippen molar-refractivity contribution in [2.45, 2.75) is 56.6 Å². The molecule has 0 aliphatic heterocycles. The lowest BCUT2D eigenvalue weighted by molar-refractivity contribution is 0.781. The van der Waals surface area contributed by atoms with Crippen LogP contribution in [-0.2, 0) is 0 Å². The molecule has 0 unspecified atom stereocenters. The Hall–Kier alpha value is -2.21. The first kappa shape index (κ1) is 18.8. The van der Waals surface area contributed by atoms with E-state index in [1.807, 2.05) is 19.0 Å². The molecule has 0 aromatic carbocycles. The molecule has 0 amide bonds. The number of fused-ring (bicyclic) bond motifs is 1. The van der Waals surface area contributed by atoms with Crippen molar-refractivity contribution in [2.24, 2.45) is 0 Å². The van der Waals surface area contributed by atoms with Crippen molar-refractivity contribution >= 4 is 28.8 Å². The summed E-state index contributed by atoms with van der Waals surface area (Å²) in [5.41, 5.74) is 7.21. The van der Waals surface area contributed by atoms with E-state index in [-0.39, 0.29) is 0 Å². The van der Waals surface area contributed by atoms with E-state index in [0.717, 1.165) is 27.8 Å². The van der Waals surface area contributed by atoms with Crippen LogP contribution in [-0.4, -0.2) is 47.0 Å². The van der Waals surface area contributed by atoms with E-state index in [2.05, 4.69) is 53.8 Å². The highest BCUT2D eigenvalue weighted by Gasteiger charge is 2.42. The summed E-state index contributed by atoms with van der Waals surface area (Å²) in [6, 6.07) is 10.1. The number of aromatic nitrogens is 3. The van der Waals surface area contributed by atoms with Crippen LogP contribution in [0.1, 0.15) is 36.9 Å². The Bertz CT molecular complexity index is 1070. The van der Waals surface area contributed by atoms with Crippen LogP contribution in [0.15, 0.2) is 29.3 Å². The summed E-state index contributed by atoms with van der Waals surface area (Å²) in [5.74, 6) is 0.981. The monoisotopic (exact) mass is 407 g/mol. The van der Waals surface area contributed by atoms with Gasteiger partial charge < -0.3 is 9.80 Å². The minimum Gasteiger partial charge on any atom is -0.363 e. The van der Waals surface area contributed by atoms with Crippen LogP contribution in [0.4, 0.5) is 11.5 Å². The average Bonchev–Trinajstić information content (AvgIpc) is 3.61. The van der Waals surface area contributed by atoms with Crippen LogP contribution >= 0.6 is 11.8 Å². The van der Waals surface area contributed by atoms with Crippen LogP contribution in [0.5, 0.6) is 0 Å². The molecule has 3 heterocycles. The Morgan fingerprint density at radius 1 is 1.00 bits per heavy atom. The predicted octanol–water partition coefficient (Wildman–Crippen LogP) is 4.93. The summed E-state index contributed by atoms with van der Waals surface area (Å²) in [4.78, 5) is 9.55.